The van der Waals surface area contributed by atoms with Crippen LogP contribution >= 0.6 is 0 Å². The summed E-state index contributed by atoms with van der Waals surface area (Å²) in [7, 11) is -4.27. The highest BCUT2D eigenvalue weighted by Gasteiger charge is 2.43. The van der Waals surface area contributed by atoms with Gasteiger partial charge in [-0.05, 0) is 31.0 Å². The lowest BCUT2D eigenvalue weighted by Crippen LogP contribution is -2.57. The summed E-state index contributed by atoms with van der Waals surface area (Å²) in [5.74, 6) is -1.61. The van der Waals surface area contributed by atoms with Crippen molar-refractivity contribution in [1.29, 1.82) is 0 Å². The van der Waals surface area contributed by atoms with Crippen molar-refractivity contribution >= 4 is 15.9 Å². The molecule has 0 aliphatic carbocycles. The minimum Gasteiger partial charge on any atom is -0.389 e. The maximum Gasteiger partial charge on any atom is 0.246 e. The van der Waals surface area contributed by atoms with Gasteiger partial charge < -0.3 is 19.9 Å². The summed E-state index contributed by atoms with van der Waals surface area (Å²) in [6.07, 6.45) is -1.57. The predicted octanol–water partition coefficient (Wildman–Crippen LogP) is 1.97. The number of fused-ring (bicyclic) bond motifs is 1. The fraction of sp³-hybridized carbons (Fsp3) is 0.458. The first-order chi connectivity index (χ1) is 16.8. The number of sulfonamides is 1. The summed E-state index contributed by atoms with van der Waals surface area (Å²) in [5.41, 5.74) is 0.367. The fourth-order valence-electron chi connectivity index (χ4n) is 4.47. The van der Waals surface area contributed by atoms with Gasteiger partial charge in [0.2, 0.25) is 15.9 Å². The Labute approximate surface area is 202 Å². The van der Waals surface area contributed by atoms with E-state index in [1.807, 2.05) is 0 Å². The molecule has 0 saturated carbocycles. The van der Waals surface area contributed by atoms with E-state index in [1.165, 1.54) is 24.3 Å². The average Bonchev–Trinajstić information content (AvgIpc) is 2.81. The van der Waals surface area contributed by atoms with Crippen LogP contribution in [0.25, 0.3) is 0 Å². The van der Waals surface area contributed by atoms with Crippen LogP contribution in [0.2, 0.25) is 0 Å². The van der Waals surface area contributed by atoms with E-state index in [0.29, 0.717) is 18.4 Å². The van der Waals surface area contributed by atoms with E-state index in [-0.39, 0.29) is 38.6 Å². The van der Waals surface area contributed by atoms with Crippen LogP contribution in [0, 0.1) is 11.6 Å². The number of rotatable bonds is 6. The van der Waals surface area contributed by atoms with E-state index in [2.05, 4.69) is 5.32 Å². The van der Waals surface area contributed by atoms with Crippen molar-refractivity contribution in [1.82, 2.24) is 9.62 Å². The van der Waals surface area contributed by atoms with Crippen LogP contribution in [0.4, 0.5) is 8.78 Å². The standard InChI is InChI=1S/C24H28F2N2O6S/c25-19-6-2-1-5-16(19)12-27-24(30)11-18-9-10-21-22(34-18)15-33-14-17(29)13-28(21)35(31,32)23-8-4-3-7-20(23)26/h1-8,17-18,21-22,29H,9-15H2,(H,27,30)/t17-,18+,21-,22+/m1/s1. The molecule has 190 valence electrons. The number of benzene rings is 2. The number of ether oxygens (including phenoxy) is 2. The van der Waals surface area contributed by atoms with Gasteiger partial charge in [-0.3, -0.25) is 4.79 Å². The largest absolute Gasteiger partial charge is 0.389 e. The molecule has 2 fully saturated rings. The third-order valence-electron chi connectivity index (χ3n) is 6.20. The van der Waals surface area contributed by atoms with Gasteiger partial charge in [0.15, 0.2) is 0 Å². The highest BCUT2D eigenvalue weighted by molar-refractivity contribution is 7.89. The highest BCUT2D eigenvalue weighted by Crippen LogP contribution is 2.32. The second-order valence-corrected chi connectivity index (χ2v) is 10.6. The van der Waals surface area contributed by atoms with Crippen LogP contribution in [0.3, 0.4) is 0 Å². The third-order valence-corrected chi connectivity index (χ3v) is 8.13. The first-order valence-corrected chi connectivity index (χ1v) is 12.9. The van der Waals surface area contributed by atoms with Crippen LogP contribution in [0.15, 0.2) is 53.4 Å². The number of aliphatic hydroxyl groups excluding tert-OH is 1. The summed E-state index contributed by atoms with van der Waals surface area (Å²) in [6.45, 7) is -0.322. The second-order valence-electron chi connectivity index (χ2n) is 8.71. The smallest absolute Gasteiger partial charge is 0.246 e. The zero-order valence-electron chi connectivity index (χ0n) is 19.0. The van der Waals surface area contributed by atoms with E-state index in [0.717, 1.165) is 10.4 Å². The fourth-order valence-corrected chi connectivity index (χ4v) is 6.25. The van der Waals surface area contributed by atoms with E-state index < -0.39 is 50.9 Å². The van der Waals surface area contributed by atoms with Crippen LogP contribution in [-0.2, 0) is 30.8 Å². The highest BCUT2D eigenvalue weighted by atomic mass is 32.2. The van der Waals surface area contributed by atoms with E-state index in [9.17, 15) is 27.1 Å². The Bertz CT molecular complexity index is 1150. The van der Waals surface area contributed by atoms with Crippen LogP contribution < -0.4 is 5.32 Å². The number of hydrogen-bond donors (Lipinski definition) is 2. The summed E-state index contributed by atoms with van der Waals surface area (Å²) in [6, 6.07) is 10.5. The van der Waals surface area contributed by atoms with Gasteiger partial charge in [0.25, 0.3) is 0 Å². The van der Waals surface area contributed by atoms with Gasteiger partial charge in [-0.15, -0.1) is 0 Å². The van der Waals surface area contributed by atoms with E-state index in [1.54, 1.807) is 18.2 Å². The van der Waals surface area contributed by atoms with Crippen LogP contribution in [0.1, 0.15) is 24.8 Å². The van der Waals surface area contributed by atoms with Crippen molar-refractivity contribution in [3.05, 3.63) is 65.7 Å². The molecular weight excluding hydrogens is 482 g/mol. The average molecular weight is 511 g/mol. The van der Waals surface area contributed by atoms with Crippen molar-refractivity contribution in [3.63, 3.8) is 0 Å². The minimum absolute atomic E-state index is 0.0123. The van der Waals surface area contributed by atoms with Crippen LogP contribution in [-0.4, -0.2) is 67.8 Å². The third kappa shape index (κ3) is 6.04. The molecule has 2 aliphatic rings. The number of β-amino-alcohol motifs (C(OH)–C–C–N with tert-alkyl or cyclic N) is 1. The molecule has 2 aromatic carbocycles. The molecule has 8 nitrogen and oxygen atoms in total. The summed E-state index contributed by atoms with van der Waals surface area (Å²) >= 11 is 0. The number of carbonyl (C=O) groups is 1. The molecule has 11 heteroatoms. The zero-order valence-corrected chi connectivity index (χ0v) is 19.8. The lowest BCUT2D eigenvalue weighted by Gasteiger charge is -2.43. The minimum atomic E-state index is -4.27. The Morgan fingerprint density at radius 2 is 1.77 bits per heavy atom. The molecular formula is C24H28F2N2O6S. The first-order valence-electron chi connectivity index (χ1n) is 11.4. The molecule has 2 saturated heterocycles. The molecule has 1 amide bonds. The Hall–Kier alpha value is -2.44. The van der Waals surface area contributed by atoms with E-state index >= 15 is 0 Å². The Morgan fingerprint density at radius 1 is 1.06 bits per heavy atom. The first kappa shape index (κ1) is 25.6. The van der Waals surface area contributed by atoms with Gasteiger partial charge in [-0.2, -0.15) is 4.31 Å². The molecule has 0 spiro atoms. The molecule has 4 atom stereocenters. The summed E-state index contributed by atoms with van der Waals surface area (Å²) in [4.78, 5) is 12.0. The Morgan fingerprint density at radius 3 is 2.51 bits per heavy atom. The topological polar surface area (TPSA) is 105 Å². The lowest BCUT2D eigenvalue weighted by molar-refractivity contribution is -0.146. The molecule has 35 heavy (non-hydrogen) atoms. The number of nitrogens with zero attached hydrogens (tertiary/aromatic N) is 1. The molecule has 2 aliphatic heterocycles. The summed E-state index contributed by atoms with van der Waals surface area (Å²) in [5, 5.41) is 12.9. The molecule has 2 N–H and O–H groups in total. The maximum absolute atomic E-state index is 14.4. The normalized spacial score (nSPS) is 25.8. The Balaban J connectivity index is 1.44. The van der Waals surface area contributed by atoms with Gasteiger partial charge in [-0.1, -0.05) is 30.3 Å². The van der Waals surface area contributed by atoms with Gasteiger partial charge in [0, 0.05) is 18.7 Å². The molecule has 0 unspecified atom stereocenters. The van der Waals surface area contributed by atoms with Gasteiger partial charge in [-0.25, -0.2) is 17.2 Å². The van der Waals surface area contributed by atoms with Crippen molar-refractivity contribution in [2.24, 2.45) is 0 Å². The number of hydrogen-bond acceptors (Lipinski definition) is 6. The quantitative estimate of drug-likeness (QED) is 0.616. The second kappa shape index (κ2) is 11.1. The molecule has 4 rings (SSSR count). The van der Waals surface area contributed by atoms with Crippen molar-refractivity contribution in [3.8, 4) is 0 Å². The summed E-state index contributed by atoms with van der Waals surface area (Å²) < 4.78 is 67.5. The number of nitrogens with one attached hydrogen (secondary N) is 1. The van der Waals surface area contributed by atoms with Gasteiger partial charge in [0.05, 0.1) is 44.0 Å². The van der Waals surface area contributed by atoms with Crippen LogP contribution in [0.5, 0.6) is 0 Å². The predicted molar refractivity (Wildman–Crippen MR) is 122 cm³/mol. The van der Waals surface area contributed by atoms with Crippen molar-refractivity contribution < 1.29 is 36.6 Å². The van der Waals surface area contributed by atoms with Gasteiger partial charge >= 0.3 is 0 Å². The number of carbonyl (C=O) groups excluding carboxylic acids is 1. The molecule has 2 aromatic rings. The lowest BCUT2D eigenvalue weighted by atomic mass is 9.96. The Kier molecular flexibility index (Phi) is 8.12. The number of aliphatic hydroxyl groups is 1. The van der Waals surface area contributed by atoms with Crippen molar-refractivity contribution in [2.75, 3.05) is 19.8 Å². The number of amides is 1. The monoisotopic (exact) mass is 510 g/mol. The SMILES string of the molecule is O=C(C[C@@H]1CC[C@@H]2[C@H](COC[C@H](O)CN2S(=O)(=O)c2ccccc2F)O1)NCc1ccccc1F. The molecule has 0 radical (unpaired) electrons. The molecule has 2 heterocycles. The van der Waals surface area contributed by atoms with Crippen molar-refractivity contribution in [2.45, 2.75) is 55.1 Å². The van der Waals surface area contributed by atoms with Gasteiger partial charge in [0.1, 0.15) is 16.5 Å². The van der Waals surface area contributed by atoms with E-state index in [4.69, 9.17) is 9.47 Å². The molecule has 0 aromatic heterocycles. The zero-order chi connectivity index (χ0) is 25.0. The number of halogens is 2. The molecule has 0 bridgehead atoms. The maximum atomic E-state index is 14.4.